The van der Waals surface area contributed by atoms with Crippen molar-refractivity contribution < 1.29 is 9.53 Å². The third-order valence-corrected chi connectivity index (χ3v) is 2.75. The highest BCUT2D eigenvalue weighted by atomic mass is 16.6. The van der Waals surface area contributed by atoms with Crippen LogP contribution in [0.1, 0.15) is 12.8 Å². The van der Waals surface area contributed by atoms with Gasteiger partial charge in [0.05, 0.1) is 0 Å². The van der Waals surface area contributed by atoms with E-state index in [1.807, 2.05) is 12.1 Å². The van der Waals surface area contributed by atoms with Crippen LogP contribution in [-0.4, -0.2) is 30.3 Å². The number of primary amides is 1. The fourth-order valence-electron chi connectivity index (χ4n) is 1.95. The van der Waals surface area contributed by atoms with E-state index in [1.54, 1.807) is 12.4 Å². The number of piperidine rings is 1. The molecule has 5 heteroatoms. The zero-order valence-corrected chi connectivity index (χ0v) is 9.00. The van der Waals surface area contributed by atoms with Crippen molar-refractivity contribution in [3.63, 3.8) is 0 Å². The summed E-state index contributed by atoms with van der Waals surface area (Å²) < 4.78 is 4.98. The van der Waals surface area contributed by atoms with Gasteiger partial charge in [0.2, 0.25) is 0 Å². The molecule has 0 aromatic carbocycles. The number of nitrogens with two attached hydrogens (primary N) is 1. The molecule has 0 spiro atoms. The summed E-state index contributed by atoms with van der Waals surface area (Å²) in [6.07, 6.45) is 4.50. The third-order valence-electron chi connectivity index (χ3n) is 2.75. The van der Waals surface area contributed by atoms with Gasteiger partial charge >= 0.3 is 6.09 Å². The highest BCUT2D eigenvalue weighted by Gasteiger charge is 2.21. The molecule has 0 atom stereocenters. The summed E-state index contributed by atoms with van der Waals surface area (Å²) in [6, 6.07) is 3.96. The number of aromatic nitrogens is 1. The van der Waals surface area contributed by atoms with Gasteiger partial charge in [-0.15, -0.1) is 0 Å². The maximum absolute atomic E-state index is 10.6. The Balaban J connectivity index is 1.88. The summed E-state index contributed by atoms with van der Waals surface area (Å²) in [5.74, 6) is 0. The van der Waals surface area contributed by atoms with E-state index in [4.69, 9.17) is 10.5 Å². The molecule has 1 saturated heterocycles. The number of pyridine rings is 1. The second kappa shape index (κ2) is 4.83. The zero-order valence-electron chi connectivity index (χ0n) is 9.00. The van der Waals surface area contributed by atoms with Gasteiger partial charge in [0.15, 0.2) is 0 Å². The van der Waals surface area contributed by atoms with Crippen molar-refractivity contribution in [3.05, 3.63) is 24.5 Å². The van der Waals surface area contributed by atoms with Crippen LogP contribution < -0.4 is 10.6 Å². The Morgan fingerprint density at radius 3 is 2.56 bits per heavy atom. The molecule has 2 heterocycles. The summed E-state index contributed by atoms with van der Waals surface area (Å²) in [5.41, 5.74) is 6.15. The van der Waals surface area contributed by atoms with E-state index in [9.17, 15) is 4.79 Å². The predicted molar refractivity (Wildman–Crippen MR) is 60.1 cm³/mol. The summed E-state index contributed by atoms with van der Waals surface area (Å²) in [5, 5.41) is 0. The quantitative estimate of drug-likeness (QED) is 0.813. The van der Waals surface area contributed by atoms with Crippen molar-refractivity contribution in [1.82, 2.24) is 4.98 Å². The highest BCUT2D eigenvalue weighted by Crippen LogP contribution is 2.20. The minimum Gasteiger partial charge on any atom is -0.446 e. The minimum absolute atomic E-state index is 0.0319. The second-order valence-corrected chi connectivity index (χ2v) is 3.83. The van der Waals surface area contributed by atoms with Crippen LogP contribution in [0, 0.1) is 0 Å². The average Bonchev–Trinajstić information content (AvgIpc) is 2.30. The number of anilines is 1. The fourth-order valence-corrected chi connectivity index (χ4v) is 1.95. The van der Waals surface area contributed by atoms with E-state index in [0.717, 1.165) is 31.6 Å². The van der Waals surface area contributed by atoms with Crippen LogP contribution in [0.4, 0.5) is 10.5 Å². The first-order valence-electron chi connectivity index (χ1n) is 5.37. The SMILES string of the molecule is NC(=O)OC1CCN(c2ccncc2)CC1. The van der Waals surface area contributed by atoms with Gasteiger partial charge in [-0.1, -0.05) is 0 Å². The molecule has 1 aromatic heterocycles. The van der Waals surface area contributed by atoms with E-state index < -0.39 is 6.09 Å². The van der Waals surface area contributed by atoms with Crippen LogP contribution in [-0.2, 0) is 4.74 Å². The van der Waals surface area contributed by atoms with Crippen molar-refractivity contribution in [2.45, 2.75) is 18.9 Å². The molecule has 0 saturated carbocycles. The van der Waals surface area contributed by atoms with Crippen LogP contribution in [0.3, 0.4) is 0 Å². The molecule has 2 N–H and O–H groups in total. The van der Waals surface area contributed by atoms with Gasteiger partial charge in [-0.3, -0.25) is 4.98 Å². The van der Waals surface area contributed by atoms with Crippen LogP contribution >= 0.6 is 0 Å². The van der Waals surface area contributed by atoms with E-state index >= 15 is 0 Å². The Morgan fingerprint density at radius 1 is 1.38 bits per heavy atom. The summed E-state index contributed by atoms with van der Waals surface area (Å²) >= 11 is 0. The first-order chi connectivity index (χ1) is 7.75. The first-order valence-corrected chi connectivity index (χ1v) is 5.37. The number of hydrogen-bond acceptors (Lipinski definition) is 4. The molecule has 5 nitrogen and oxygen atoms in total. The topological polar surface area (TPSA) is 68.5 Å². The van der Waals surface area contributed by atoms with Crippen molar-refractivity contribution >= 4 is 11.8 Å². The molecule has 1 fully saturated rings. The van der Waals surface area contributed by atoms with Crippen LogP contribution in [0.25, 0.3) is 0 Å². The standard InChI is InChI=1S/C11H15N3O2/c12-11(15)16-10-3-7-14(8-4-10)9-1-5-13-6-2-9/h1-2,5-6,10H,3-4,7-8H2,(H2,12,15). The monoisotopic (exact) mass is 221 g/mol. The number of carbonyl (C=O) groups excluding carboxylic acids is 1. The largest absolute Gasteiger partial charge is 0.446 e. The van der Waals surface area contributed by atoms with Crippen LogP contribution in [0.5, 0.6) is 0 Å². The van der Waals surface area contributed by atoms with Gasteiger partial charge in [-0.25, -0.2) is 4.79 Å². The van der Waals surface area contributed by atoms with Gasteiger partial charge < -0.3 is 15.4 Å². The smallest absolute Gasteiger partial charge is 0.404 e. The molecule has 0 radical (unpaired) electrons. The summed E-state index contributed by atoms with van der Waals surface area (Å²) in [7, 11) is 0. The van der Waals surface area contributed by atoms with Crippen molar-refractivity contribution in [1.29, 1.82) is 0 Å². The maximum Gasteiger partial charge on any atom is 0.404 e. The van der Waals surface area contributed by atoms with Crippen molar-refractivity contribution in [2.75, 3.05) is 18.0 Å². The molecular formula is C11H15N3O2. The Bertz CT molecular complexity index is 348. The lowest BCUT2D eigenvalue weighted by Crippen LogP contribution is -2.38. The number of amides is 1. The van der Waals surface area contributed by atoms with Gasteiger partial charge in [-0.2, -0.15) is 0 Å². The van der Waals surface area contributed by atoms with Gasteiger partial charge in [0.25, 0.3) is 0 Å². The molecular weight excluding hydrogens is 206 g/mol. The molecule has 86 valence electrons. The molecule has 16 heavy (non-hydrogen) atoms. The van der Waals surface area contributed by atoms with E-state index in [1.165, 1.54) is 0 Å². The molecule has 1 aromatic rings. The molecule has 0 aliphatic carbocycles. The second-order valence-electron chi connectivity index (χ2n) is 3.83. The van der Waals surface area contributed by atoms with Crippen LogP contribution in [0.2, 0.25) is 0 Å². The Hall–Kier alpha value is -1.78. The molecule has 1 amide bonds. The Labute approximate surface area is 94.2 Å². The van der Waals surface area contributed by atoms with E-state index in [2.05, 4.69) is 9.88 Å². The predicted octanol–water partition coefficient (Wildman–Crippen LogP) is 1.15. The van der Waals surface area contributed by atoms with Crippen LogP contribution in [0.15, 0.2) is 24.5 Å². The average molecular weight is 221 g/mol. The number of ether oxygens (including phenoxy) is 1. The Morgan fingerprint density at radius 2 is 2.00 bits per heavy atom. The lowest BCUT2D eigenvalue weighted by molar-refractivity contribution is 0.0912. The molecule has 1 aliphatic heterocycles. The Kier molecular flexibility index (Phi) is 3.24. The molecule has 0 bridgehead atoms. The highest BCUT2D eigenvalue weighted by molar-refractivity contribution is 5.64. The summed E-state index contributed by atoms with van der Waals surface area (Å²) in [6.45, 7) is 1.75. The number of hydrogen-bond donors (Lipinski definition) is 1. The van der Waals surface area contributed by atoms with Crippen molar-refractivity contribution in [3.8, 4) is 0 Å². The molecule has 2 rings (SSSR count). The normalized spacial score (nSPS) is 17.1. The van der Waals surface area contributed by atoms with Gasteiger partial charge in [0, 0.05) is 44.0 Å². The molecule has 1 aliphatic rings. The van der Waals surface area contributed by atoms with E-state index in [0.29, 0.717) is 0 Å². The first kappa shape index (κ1) is 10.7. The number of carbonyl (C=O) groups is 1. The van der Waals surface area contributed by atoms with E-state index in [-0.39, 0.29) is 6.10 Å². The lowest BCUT2D eigenvalue weighted by Gasteiger charge is -2.32. The van der Waals surface area contributed by atoms with Crippen molar-refractivity contribution in [2.24, 2.45) is 5.73 Å². The fraction of sp³-hybridized carbons (Fsp3) is 0.455. The summed E-state index contributed by atoms with van der Waals surface area (Å²) in [4.78, 5) is 16.8. The van der Waals surface area contributed by atoms with Gasteiger partial charge in [-0.05, 0) is 12.1 Å². The minimum atomic E-state index is -0.678. The third kappa shape index (κ3) is 2.62. The lowest BCUT2D eigenvalue weighted by atomic mass is 10.1. The molecule has 0 unspecified atom stereocenters. The number of nitrogens with zero attached hydrogens (tertiary/aromatic N) is 2. The number of rotatable bonds is 2. The maximum atomic E-state index is 10.6. The van der Waals surface area contributed by atoms with Gasteiger partial charge in [0.1, 0.15) is 6.10 Å². The zero-order chi connectivity index (χ0) is 11.4.